The third kappa shape index (κ3) is 5.23. The lowest BCUT2D eigenvalue weighted by Gasteiger charge is -2.21. The molecule has 6 heteroatoms. The molecule has 0 aliphatic heterocycles. The number of hydrogen-bond donors (Lipinski definition) is 2. The van der Waals surface area contributed by atoms with Crippen molar-refractivity contribution in [2.24, 2.45) is 0 Å². The average molecular weight is 367 g/mol. The summed E-state index contributed by atoms with van der Waals surface area (Å²) in [6.07, 6.45) is 2.09. The second-order valence-electron chi connectivity index (χ2n) is 6.62. The number of nitrogens with one attached hydrogen (secondary N) is 2. The largest absolute Gasteiger partial charge is 0.497 e. The molecule has 1 aliphatic carbocycles. The molecule has 142 valence electrons. The summed E-state index contributed by atoms with van der Waals surface area (Å²) in [6, 6.07) is 14.8. The van der Waals surface area contributed by atoms with Gasteiger partial charge in [0.15, 0.2) is 0 Å². The van der Waals surface area contributed by atoms with E-state index in [4.69, 9.17) is 4.74 Å². The van der Waals surface area contributed by atoms with Crippen LogP contribution in [0.5, 0.6) is 5.75 Å². The topological polar surface area (TPSA) is 70.7 Å². The fraction of sp³-hybridized carbons (Fsp3) is 0.333. The predicted octanol–water partition coefficient (Wildman–Crippen LogP) is 3.64. The van der Waals surface area contributed by atoms with Gasteiger partial charge >= 0.3 is 6.03 Å². The van der Waals surface area contributed by atoms with E-state index in [1.165, 1.54) is 0 Å². The third-order valence-corrected chi connectivity index (χ3v) is 4.50. The zero-order chi connectivity index (χ0) is 19.2. The number of amides is 3. The average Bonchev–Trinajstić information content (AvgIpc) is 3.50. The Balaban J connectivity index is 1.60. The van der Waals surface area contributed by atoms with Gasteiger partial charge in [-0.1, -0.05) is 12.1 Å². The summed E-state index contributed by atoms with van der Waals surface area (Å²) >= 11 is 0. The minimum Gasteiger partial charge on any atom is -0.497 e. The highest BCUT2D eigenvalue weighted by atomic mass is 16.5. The maximum Gasteiger partial charge on any atom is 0.319 e. The van der Waals surface area contributed by atoms with E-state index in [0.717, 1.165) is 24.2 Å². The molecular weight excluding hydrogens is 342 g/mol. The van der Waals surface area contributed by atoms with Crippen LogP contribution in [-0.2, 0) is 6.54 Å². The summed E-state index contributed by atoms with van der Waals surface area (Å²) in [5.41, 5.74) is 2.31. The van der Waals surface area contributed by atoms with Crippen molar-refractivity contribution in [1.82, 2.24) is 10.2 Å². The lowest BCUT2D eigenvalue weighted by molar-refractivity contribution is 0.0752. The number of carbonyl (C=O) groups excluding carboxylic acids is 2. The fourth-order valence-electron chi connectivity index (χ4n) is 2.74. The van der Waals surface area contributed by atoms with Gasteiger partial charge in [-0.15, -0.1) is 0 Å². The quantitative estimate of drug-likeness (QED) is 0.785. The van der Waals surface area contributed by atoms with Gasteiger partial charge in [-0.05, 0) is 61.7 Å². The normalized spacial score (nSPS) is 13.0. The molecule has 0 unspecified atom stereocenters. The van der Waals surface area contributed by atoms with Crippen LogP contribution in [0.1, 0.15) is 35.7 Å². The van der Waals surface area contributed by atoms with Gasteiger partial charge in [0.2, 0.25) is 0 Å². The van der Waals surface area contributed by atoms with E-state index in [9.17, 15) is 9.59 Å². The molecule has 0 spiro atoms. The van der Waals surface area contributed by atoms with Gasteiger partial charge in [0.1, 0.15) is 5.75 Å². The van der Waals surface area contributed by atoms with Crippen molar-refractivity contribution in [1.29, 1.82) is 0 Å². The van der Waals surface area contributed by atoms with Crippen LogP contribution in [-0.4, -0.2) is 36.5 Å². The van der Waals surface area contributed by atoms with E-state index in [1.807, 2.05) is 31.2 Å². The van der Waals surface area contributed by atoms with Gasteiger partial charge in [0.25, 0.3) is 5.91 Å². The number of ether oxygens (including phenoxy) is 1. The number of rotatable bonds is 7. The van der Waals surface area contributed by atoms with Gasteiger partial charge in [-0.3, -0.25) is 4.79 Å². The molecule has 2 aromatic carbocycles. The number of methoxy groups -OCH3 is 1. The first-order valence-corrected chi connectivity index (χ1v) is 9.19. The zero-order valence-corrected chi connectivity index (χ0v) is 15.7. The zero-order valence-electron chi connectivity index (χ0n) is 15.7. The molecule has 1 fully saturated rings. The van der Waals surface area contributed by atoms with Gasteiger partial charge in [0.05, 0.1) is 7.11 Å². The summed E-state index contributed by atoms with van der Waals surface area (Å²) in [5, 5.41) is 5.65. The molecular formula is C21H25N3O3. The maximum absolute atomic E-state index is 12.8. The predicted molar refractivity (Wildman–Crippen MR) is 105 cm³/mol. The lowest BCUT2D eigenvalue weighted by atomic mass is 10.1. The van der Waals surface area contributed by atoms with Crippen LogP contribution < -0.4 is 15.4 Å². The number of benzene rings is 2. The molecule has 0 atom stereocenters. The SMILES string of the molecule is CCN(Cc1ccc(OC)cc1)C(=O)c1ccc(NC(=O)NC2CC2)cc1. The molecule has 1 aliphatic rings. The van der Waals surface area contributed by atoms with Crippen molar-refractivity contribution in [3.8, 4) is 5.75 Å². The number of anilines is 1. The second kappa shape index (κ2) is 8.58. The van der Waals surface area contributed by atoms with E-state index in [2.05, 4.69) is 10.6 Å². The number of hydrogen-bond acceptors (Lipinski definition) is 3. The number of carbonyl (C=O) groups is 2. The summed E-state index contributed by atoms with van der Waals surface area (Å²) in [4.78, 5) is 26.4. The standard InChI is InChI=1S/C21H25N3O3/c1-3-24(14-15-4-12-19(27-2)13-5-15)20(25)16-6-8-17(9-7-16)22-21(26)23-18-10-11-18/h4-9,12-13,18H,3,10-11,14H2,1-2H3,(H2,22,23,26). The molecule has 1 saturated carbocycles. The van der Waals surface area contributed by atoms with E-state index in [0.29, 0.717) is 30.4 Å². The molecule has 3 rings (SSSR count). The number of nitrogens with zero attached hydrogens (tertiary/aromatic N) is 1. The highest BCUT2D eigenvalue weighted by molar-refractivity contribution is 5.95. The first-order chi connectivity index (χ1) is 13.1. The Kier molecular flexibility index (Phi) is 5.96. The molecule has 0 aromatic heterocycles. The molecule has 2 aromatic rings. The lowest BCUT2D eigenvalue weighted by Crippen LogP contribution is -2.31. The Morgan fingerprint density at radius 1 is 1.07 bits per heavy atom. The van der Waals surface area contributed by atoms with Crippen molar-refractivity contribution in [2.45, 2.75) is 32.4 Å². The van der Waals surface area contributed by atoms with Crippen molar-refractivity contribution in [2.75, 3.05) is 19.0 Å². The van der Waals surface area contributed by atoms with Crippen LogP contribution in [0.15, 0.2) is 48.5 Å². The van der Waals surface area contributed by atoms with Gasteiger partial charge in [-0.2, -0.15) is 0 Å². The summed E-state index contributed by atoms with van der Waals surface area (Å²) in [7, 11) is 1.63. The van der Waals surface area contributed by atoms with E-state index < -0.39 is 0 Å². The molecule has 0 radical (unpaired) electrons. The Morgan fingerprint density at radius 2 is 1.74 bits per heavy atom. The van der Waals surface area contributed by atoms with E-state index in [1.54, 1.807) is 36.3 Å². The minimum absolute atomic E-state index is 0.0395. The first-order valence-electron chi connectivity index (χ1n) is 9.19. The Morgan fingerprint density at radius 3 is 2.30 bits per heavy atom. The molecule has 2 N–H and O–H groups in total. The van der Waals surface area contributed by atoms with Crippen LogP contribution >= 0.6 is 0 Å². The van der Waals surface area contributed by atoms with Crippen LogP contribution in [0.25, 0.3) is 0 Å². The molecule has 0 saturated heterocycles. The van der Waals surface area contributed by atoms with E-state index >= 15 is 0 Å². The number of urea groups is 1. The fourth-order valence-corrected chi connectivity index (χ4v) is 2.74. The molecule has 3 amide bonds. The van der Waals surface area contributed by atoms with Gasteiger partial charge in [-0.25, -0.2) is 4.79 Å². The van der Waals surface area contributed by atoms with Crippen LogP contribution in [0, 0.1) is 0 Å². The Bertz CT molecular complexity index is 783. The monoisotopic (exact) mass is 367 g/mol. The van der Waals surface area contributed by atoms with Crippen LogP contribution in [0.2, 0.25) is 0 Å². The van der Waals surface area contributed by atoms with Crippen molar-refractivity contribution < 1.29 is 14.3 Å². The van der Waals surface area contributed by atoms with E-state index in [-0.39, 0.29) is 11.9 Å². The molecule has 0 heterocycles. The van der Waals surface area contributed by atoms with Gasteiger partial charge < -0.3 is 20.3 Å². The molecule has 0 bridgehead atoms. The minimum atomic E-state index is -0.203. The maximum atomic E-state index is 12.8. The smallest absolute Gasteiger partial charge is 0.319 e. The van der Waals surface area contributed by atoms with Gasteiger partial charge in [0, 0.05) is 30.4 Å². The van der Waals surface area contributed by atoms with Crippen molar-refractivity contribution in [3.63, 3.8) is 0 Å². The van der Waals surface area contributed by atoms with Crippen molar-refractivity contribution >= 4 is 17.6 Å². The first kappa shape index (κ1) is 18.8. The summed E-state index contributed by atoms with van der Waals surface area (Å²) in [6.45, 7) is 3.09. The second-order valence-corrected chi connectivity index (χ2v) is 6.62. The van der Waals surface area contributed by atoms with Crippen LogP contribution in [0.4, 0.5) is 10.5 Å². The molecule has 6 nitrogen and oxygen atoms in total. The summed E-state index contributed by atoms with van der Waals surface area (Å²) in [5.74, 6) is 0.754. The molecule has 27 heavy (non-hydrogen) atoms. The van der Waals surface area contributed by atoms with Crippen LogP contribution in [0.3, 0.4) is 0 Å². The Hall–Kier alpha value is -3.02. The van der Waals surface area contributed by atoms with Crippen molar-refractivity contribution in [3.05, 3.63) is 59.7 Å². The highest BCUT2D eigenvalue weighted by Crippen LogP contribution is 2.19. The third-order valence-electron chi connectivity index (χ3n) is 4.50. The summed E-state index contributed by atoms with van der Waals surface area (Å²) < 4.78 is 5.17. The Labute approximate surface area is 159 Å². The highest BCUT2D eigenvalue weighted by Gasteiger charge is 2.23.